The Morgan fingerprint density at radius 1 is 1.57 bits per heavy atom. The van der Waals surface area contributed by atoms with Crippen LogP contribution in [0.4, 0.5) is 0 Å². The second-order valence-electron chi connectivity index (χ2n) is 1.49. The third kappa shape index (κ3) is 6.95. The zero-order valence-electron chi connectivity index (χ0n) is 4.69. The van der Waals surface area contributed by atoms with Gasteiger partial charge in [0.25, 0.3) is 0 Å². The van der Waals surface area contributed by atoms with Crippen LogP contribution in [0.5, 0.6) is 0 Å². The standard InChI is InChI=1S/C3H10ClNS2/c1-6-5-7(2,3)4/h5H,1-3H3. The lowest BCUT2D eigenvalue weighted by molar-refractivity contribution is 1.70. The van der Waals surface area contributed by atoms with E-state index < -0.39 is 9.43 Å². The molecule has 0 heterocycles. The maximum absolute atomic E-state index is 5.78. The number of rotatable bonds is 2. The summed E-state index contributed by atoms with van der Waals surface area (Å²) in [4.78, 5) is 0. The van der Waals surface area contributed by atoms with Gasteiger partial charge in [-0.05, 0) is 18.8 Å². The first kappa shape index (κ1) is 7.95. The maximum Gasteiger partial charge on any atom is -0.00293 e. The van der Waals surface area contributed by atoms with E-state index >= 15 is 0 Å². The summed E-state index contributed by atoms with van der Waals surface area (Å²) in [5.41, 5.74) is 0. The fourth-order valence-corrected chi connectivity index (χ4v) is 2.35. The Balaban J connectivity index is 3.15. The van der Waals surface area contributed by atoms with E-state index in [0.29, 0.717) is 0 Å². The van der Waals surface area contributed by atoms with Gasteiger partial charge < -0.3 is 0 Å². The molecule has 0 aliphatic heterocycles. The quantitative estimate of drug-likeness (QED) is 0.619. The molecule has 0 unspecified atom stereocenters. The molecule has 0 atom stereocenters. The summed E-state index contributed by atoms with van der Waals surface area (Å²) in [5, 5.41) is 0. The Hall–Kier alpha value is 0.950. The lowest BCUT2D eigenvalue weighted by Crippen LogP contribution is -2.02. The van der Waals surface area contributed by atoms with Crippen molar-refractivity contribution in [1.82, 2.24) is 4.13 Å². The molecule has 4 heteroatoms. The van der Waals surface area contributed by atoms with E-state index in [1.807, 2.05) is 18.8 Å². The first-order valence-electron chi connectivity index (χ1n) is 1.79. The predicted octanol–water partition coefficient (Wildman–Crippen LogP) is 1.99. The van der Waals surface area contributed by atoms with Gasteiger partial charge >= 0.3 is 0 Å². The minimum Gasteiger partial charge on any atom is -0.214 e. The van der Waals surface area contributed by atoms with Crippen molar-refractivity contribution in [3.8, 4) is 0 Å². The Morgan fingerprint density at radius 3 is 2.00 bits per heavy atom. The van der Waals surface area contributed by atoms with Gasteiger partial charge in [-0.1, -0.05) is 22.6 Å². The van der Waals surface area contributed by atoms with Gasteiger partial charge in [0.05, 0.1) is 0 Å². The number of hydrogen-bond donors (Lipinski definition) is 1. The van der Waals surface area contributed by atoms with E-state index in [9.17, 15) is 0 Å². The largest absolute Gasteiger partial charge is 0.214 e. The third-order valence-corrected chi connectivity index (χ3v) is 3.10. The summed E-state index contributed by atoms with van der Waals surface area (Å²) in [7, 11) is 4.80. The molecular formula is C3H10ClNS2. The molecule has 1 N–H and O–H groups in total. The van der Waals surface area contributed by atoms with Gasteiger partial charge in [-0.15, -0.1) is 9.43 Å². The van der Waals surface area contributed by atoms with E-state index in [1.165, 1.54) is 0 Å². The molecule has 0 radical (unpaired) electrons. The highest BCUT2D eigenvalue weighted by atomic mass is 35.7. The van der Waals surface area contributed by atoms with Crippen LogP contribution < -0.4 is 4.13 Å². The molecule has 0 spiro atoms. The summed E-state index contributed by atoms with van der Waals surface area (Å²) in [5.74, 6) is 0. The maximum atomic E-state index is 5.78. The van der Waals surface area contributed by atoms with E-state index in [-0.39, 0.29) is 0 Å². The van der Waals surface area contributed by atoms with Crippen LogP contribution in [-0.4, -0.2) is 18.8 Å². The highest BCUT2D eigenvalue weighted by molar-refractivity contribution is 8.52. The molecule has 7 heavy (non-hydrogen) atoms. The smallest absolute Gasteiger partial charge is 0.00293 e. The van der Waals surface area contributed by atoms with Gasteiger partial charge in [0.2, 0.25) is 0 Å². The van der Waals surface area contributed by atoms with Gasteiger partial charge in [0.15, 0.2) is 0 Å². The summed E-state index contributed by atoms with van der Waals surface area (Å²) in [6, 6.07) is 0. The van der Waals surface area contributed by atoms with Crippen molar-refractivity contribution >= 4 is 32.1 Å². The molecule has 0 aromatic heterocycles. The molecule has 0 aromatic carbocycles. The van der Waals surface area contributed by atoms with E-state index in [2.05, 4.69) is 4.13 Å². The van der Waals surface area contributed by atoms with Crippen LogP contribution >= 0.6 is 32.1 Å². The van der Waals surface area contributed by atoms with E-state index in [0.717, 1.165) is 0 Å². The van der Waals surface area contributed by atoms with Crippen LogP contribution in [0, 0.1) is 0 Å². The minimum absolute atomic E-state index is 0.989. The van der Waals surface area contributed by atoms with Gasteiger partial charge in [0, 0.05) is 0 Å². The van der Waals surface area contributed by atoms with Crippen molar-refractivity contribution in [2.75, 3.05) is 18.8 Å². The topological polar surface area (TPSA) is 12.0 Å². The van der Waals surface area contributed by atoms with Crippen LogP contribution in [0.15, 0.2) is 0 Å². The first-order valence-corrected chi connectivity index (χ1v) is 6.29. The Morgan fingerprint density at radius 2 is 2.00 bits per heavy atom. The van der Waals surface area contributed by atoms with Crippen molar-refractivity contribution in [3.05, 3.63) is 0 Å². The lowest BCUT2D eigenvalue weighted by atomic mass is 11.9. The molecule has 0 rings (SSSR count). The number of nitrogens with one attached hydrogen (secondary N) is 1. The van der Waals surface area contributed by atoms with Crippen LogP contribution in [-0.2, 0) is 0 Å². The molecule has 0 amide bonds. The fourth-order valence-electron chi connectivity index (χ4n) is 0.198. The van der Waals surface area contributed by atoms with Crippen molar-refractivity contribution < 1.29 is 0 Å². The highest BCUT2D eigenvalue weighted by Crippen LogP contribution is 2.41. The molecule has 0 fully saturated rings. The van der Waals surface area contributed by atoms with Crippen molar-refractivity contribution in [3.63, 3.8) is 0 Å². The predicted molar refractivity (Wildman–Crippen MR) is 41.9 cm³/mol. The summed E-state index contributed by atoms with van der Waals surface area (Å²) < 4.78 is 3.05. The van der Waals surface area contributed by atoms with Crippen LogP contribution in [0.3, 0.4) is 0 Å². The molecule has 46 valence electrons. The molecular weight excluding hydrogens is 150 g/mol. The minimum atomic E-state index is -0.989. The summed E-state index contributed by atoms with van der Waals surface area (Å²) in [6.45, 7) is 0. The van der Waals surface area contributed by atoms with Gasteiger partial charge in [-0.3, -0.25) is 0 Å². The normalized spacial score (nSPS) is 14.3. The van der Waals surface area contributed by atoms with Crippen molar-refractivity contribution in [2.24, 2.45) is 0 Å². The number of halogens is 1. The Kier molecular flexibility index (Phi) is 3.49. The monoisotopic (exact) mass is 159 g/mol. The molecule has 0 saturated heterocycles. The second-order valence-corrected chi connectivity index (χ2v) is 7.28. The molecule has 0 aliphatic rings. The summed E-state index contributed by atoms with van der Waals surface area (Å²) in [6.07, 6.45) is 5.95. The SMILES string of the molecule is CSNS(C)(C)Cl. The van der Waals surface area contributed by atoms with Crippen LogP contribution in [0.2, 0.25) is 0 Å². The average molecular weight is 160 g/mol. The van der Waals surface area contributed by atoms with Gasteiger partial charge in [-0.25, -0.2) is 4.13 Å². The fraction of sp³-hybridized carbons (Fsp3) is 1.00. The average Bonchev–Trinajstić information content (AvgIpc) is 1.30. The molecule has 0 aromatic rings. The zero-order chi connectivity index (χ0) is 5.91. The molecule has 1 nitrogen and oxygen atoms in total. The highest BCUT2D eigenvalue weighted by Gasteiger charge is 2.01. The summed E-state index contributed by atoms with van der Waals surface area (Å²) >= 11 is 1.56. The lowest BCUT2D eigenvalue weighted by Gasteiger charge is -2.20. The van der Waals surface area contributed by atoms with Crippen molar-refractivity contribution in [1.29, 1.82) is 0 Å². The van der Waals surface area contributed by atoms with Crippen molar-refractivity contribution in [2.45, 2.75) is 0 Å². The zero-order valence-corrected chi connectivity index (χ0v) is 7.08. The molecule has 0 aliphatic carbocycles. The van der Waals surface area contributed by atoms with Crippen LogP contribution in [0.25, 0.3) is 0 Å². The van der Waals surface area contributed by atoms with Crippen LogP contribution in [0.1, 0.15) is 0 Å². The van der Waals surface area contributed by atoms with Gasteiger partial charge in [0.1, 0.15) is 0 Å². The second kappa shape index (κ2) is 3.07. The first-order chi connectivity index (χ1) is 3.06. The number of hydrogen-bond acceptors (Lipinski definition) is 2. The van der Waals surface area contributed by atoms with E-state index in [4.69, 9.17) is 10.7 Å². The Bertz CT molecular complexity index is 51.4. The Labute approximate surface area is 55.3 Å². The van der Waals surface area contributed by atoms with E-state index in [1.54, 1.807) is 11.9 Å². The third-order valence-electron chi connectivity index (χ3n) is 0.281. The molecule has 0 bridgehead atoms. The van der Waals surface area contributed by atoms with Gasteiger partial charge in [-0.2, -0.15) is 0 Å². The molecule has 0 saturated carbocycles.